The monoisotopic (exact) mass is 275 g/mol. The first-order valence-corrected chi connectivity index (χ1v) is 6.31. The van der Waals surface area contributed by atoms with Gasteiger partial charge in [0.2, 0.25) is 5.69 Å². The van der Waals surface area contributed by atoms with Crippen molar-refractivity contribution in [1.29, 1.82) is 5.26 Å². The van der Waals surface area contributed by atoms with Gasteiger partial charge in [0.15, 0.2) is 0 Å². The number of hydrogen-bond donors (Lipinski definition) is 1. The highest BCUT2D eigenvalue weighted by molar-refractivity contribution is 7.07. The summed E-state index contributed by atoms with van der Waals surface area (Å²) in [7, 11) is 0. The second-order valence-corrected chi connectivity index (χ2v) is 4.31. The second-order valence-electron chi connectivity index (χ2n) is 3.59. The Morgan fingerprint density at radius 1 is 1.53 bits per heavy atom. The van der Waals surface area contributed by atoms with E-state index in [0.29, 0.717) is 12.4 Å². The molecule has 19 heavy (non-hydrogen) atoms. The largest absolute Gasteiger partial charge is 0.370 e. The number of thiazole rings is 1. The van der Waals surface area contributed by atoms with Crippen LogP contribution in [0.15, 0.2) is 23.0 Å². The van der Waals surface area contributed by atoms with Gasteiger partial charge in [-0.15, -0.1) is 11.3 Å². The van der Waals surface area contributed by atoms with Gasteiger partial charge in [0.25, 0.3) is 0 Å². The zero-order chi connectivity index (χ0) is 13.7. The van der Waals surface area contributed by atoms with Crippen LogP contribution in [0.3, 0.4) is 0 Å². The lowest BCUT2D eigenvalue weighted by atomic mass is 10.3. The van der Waals surface area contributed by atoms with Crippen LogP contribution in [0.25, 0.3) is 0 Å². The van der Waals surface area contributed by atoms with Crippen LogP contribution < -0.4 is 5.32 Å². The quantitative estimate of drug-likeness (QED) is 0.660. The van der Waals surface area contributed by atoms with Crippen molar-refractivity contribution in [3.05, 3.63) is 44.5 Å². The average Bonchev–Trinajstić information content (AvgIpc) is 2.91. The van der Waals surface area contributed by atoms with Gasteiger partial charge in [-0.25, -0.2) is 9.97 Å². The number of hydrogen-bond acceptors (Lipinski definition) is 7. The fourth-order valence-electron chi connectivity index (χ4n) is 1.46. The standard InChI is InChI=1S/C11H9N5O2S/c12-5-9-10(16(17)18)1-2-11(15-9)13-4-3-8-6-19-7-14-8/h1-2,6-7H,3-4H2,(H,13,15). The lowest BCUT2D eigenvalue weighted by Crippen LogP contribution is -2.07. The first-order valence-electron chi connectivity index (χ1n) is 5.37. The van der Waals surface area contributed by atoms with Crippen molar-refractivity contribution in [3.8, 4) is 6.07 Å². The summed E-state index contributed by atoms with van der Waals surface area (Å²) in [5.41, 5.74) is 2.25. The maximum atomic E-state index is 10.6. The summed E-state index contributed by atoms with van der Waals surface area (Å²) in [5, 5.41) is 24.4. The molecule has 0 fully saturated rings. The molecule has 2 aromatic rings. The topological polar surface area (TPSA) is 105 Å². The highest BCUT2D eigenvalue weighted by Gasteiger charge is 2.15. The molecule has 0 spiro atoms. The molecule has 96 valence electrons. The number of anilines is 1. The summed E-state index contributed by atoms with van der Waals surface area (Å²) >= 11 is 1.52. The Labute approximate surface area is 112 Å². The van der Waals surface area contributed by atoms with Crippen LogP contribution in [0.1, 0.15) is 11.4 Å². The molecule has 0 aliphatic heterocycles. The average molecular weight is 275 g/mol. The molecule has 0 amide bonds. The maximum absolute atomic E-state index is 10.6. The molecule has 8 heteroatoms. The molecule has 0 bridgehead atoms. The summed E-state index contributed by atoms with van der Waals surface area (Å²) in [6.45, 7) is 0.597. The van der Waals surface area contributed by atoms with Gasteiger partial charge < -0.3 is 5.32 Å². The van der Waals surface area contributed by atoms with E-state index >= 15 is 0 Å². The van der Waals surface area contributed by atoms with E-state index < -0.39 is 4.92 Å². The van der Waals surface area contributed by atoms with Gasteiger partial charge in [0.1, 0.15) is 11.9 Å². The Bertz CT molecular complexity index is 621. The smallest absolute Gasteiger partial charge is 0.305 e. The van der Waals surface area contributed by atoms with E-state index in [2.05, 4.69) is 15.3 Å². The minimum atomic E-state index is -0.620. The van der Waals surface area contributed by atoms with E-state index in [-0.39, 0.29) is 11.4 Å². The number of pyridine rings is 1. The molecular formula is C11H9N5O2S. The van der Waals surface area contributed by atoms with E-state index in [1.54, 1.807) is 11.6 Å². The van der Waals surface area contributed by atoms with Gasteiger partial charge in [0.05, 0.1) is 16.1 Å². The molecule has 0 aliphatic carbocycles. The zero-order valence-corrected chi connectivity index (χ0v) is 10.6. The summed E-state index contributed by atoms with van der Waals surface area (Å²) in [6, 6.07) is 4.48. The number of rotatable bonds is 5. The third-order valence-electron chi connectivity index (χ3n) is 2.35. The highest BCUT2D eigenvalue weighted by Crippen LogP contribution is 2.17. The molecule has 7 nitrogen and oxygen atoms in total. The highest BCUT2D eigenvalue weighted by atomic mass is 32.1. The first-order chi connectivity index (χ1) is 9.20. The van der Waals surface area contributed by atoms with Gasteiger partial charge in [-0.2, -0.15) is 5.26 Å². The zero-order valence-electron chi connectivity index (χ0n) is 9.74. The fraction of sp³-hybridized carbons (Fsp3) is 0.182. The molecule has 0 aromatic carbocycles. The van der Waals surface area contributed by atoms with Crippen LogP contribution in [-0.2, 0) is 6.42 Å². The third kappa shape index (κ3) is 3.23. The van der Waals surface area contributed by atoms with Crippen molar-refractivity contribution < 1.29 is 4.92 Å². The van der Waals surface area contributed by atoms with Gasteiger partial charge in [-0.05, 0) is 6.07 Å². The van der Waals surface area contributed by atoms with Crippen molar-refractivity contribution in [3.63, 3.8) is 0 Å². The molecule has 0 aliphatic rings. The Morgan fingerprint density at radius 2 is 2.37 bits per heavy atom. The molecular weight excluding hydrogens is 266 g/mol. The molecule has 0 saturated heterocycles. The van der Waals surface area contributed by atoms with Crippen molar-refractivity contribution >= 4 is 22.8 Å². The summed E-state index contributed by atoms with van der Waals surface area (Å²) in [5.74, 6) is 0.442. The molecule has 2 heterocycles. The van der Waals surface area contributed by atoms with E-state index in [4.69, 9.17) is 5.26 Å². The number of nitriles is 1. The molecule has 0 radical (unpaired) electrons. The lowest BCUT2D eigenvalue weighted by molar-refractivity contribution is -0.385. The van der Waals surface area contributed by atoms with Gasteiger partial charge >= 0.3 is 5.69 Å². The minimum absolute atomic E-state index is 0.191. The van der Waals surface area contributed by atoms with Crippen molar-refractivity contribution in [2.75, 3.05) is 11.9 Å². The predicted octanol–water partition coefficient (Wildman–Crippen LogP) is 1.97. The molecule has 0 atom stereocenters. The van der Waals surface area contributed by atoms with E-state index in [9.17, 15) is 10.1 Å². The number of nitrogens with zero attached hydrogens (tertiary/aromatic N) is 4. The van der Waals surface area contributed by atoms with E-state index in [1.165, 1.54) is 23.5 Å². The third-order valence-corrected chi connectivity index (χ3v) is 2.98. The lowest BCUT2D eigenvalue weighted by Gasteiger charge is -2.04. The van der Waals surface area contributed by atoms with Crippen LogP contribution in [0, 0.1) is 21.4 Å². The number of aromatic nitrogens is 2. The predicted molar refractivity (Wildman–Crippen MR) is 69.9 cm³/mol. The van der Waals surface area contributed by atoms with E-state index in [1.807, 2.05) is 5.38 Å². The summed E-state index contributed by atoms with van der Waals surface area (Å²) in [4.78, 5) is 18.1. The number of nitro groups is 1. The van der Waals surface area contributed by atoms with Gasteiger partial charge in [-0.3, -0.25) is 10.1 Å². The Kier molecular flexibility index (Phi) is 4.00. The molecule has 1 N–H and O–H groups in total. The molecule has 0 saturated carbocycles. The Balaban J connectivity index is 2.01. The SMILES string of the molecule is N#Cc1nc(NCCc2cscn2)ccc1[N+](=O)[O-]. The Morgan fingerprint density at radius 3 is 3.00 bits per heavy atom. The van der Waals surface area contributed by atoms with Crippen molar-refractivity contribution in [2.24, 2.45) is 0 Å². The van der Waals surface area contributed by atoms with Crippen molar-refractivity contribution in [1.82, 2.24) is 9.97 Å². The summed E-state index contributed by atoms with van der Waals surface area (Å²) < 4.78 is 0. The molecule has 2 aromatic heterocycles. The fourth-order valence-corrected chi connectivity index (χ4v) is 2.05. The minimum Gasteiger partial charge on any atom is -0.370 e. The normalized spacial score (nSPS) is 9.84. The first kappa shape index (κ1) is 12.9. The van der Waals surface area contributed by atoms with Gasteiger partial charge in [-0.1, -0.05) is 0 Å². The van der Waals surface area contributed by atoms with Crippen LogP contribution in [0.2, 0.25) is 0 Å². The van der Waals surface area contributed by atoms with Crippen LogP contribution >= 0.6 is 11.3 Å². The van der Waals surface area contributed by atoms with Crippen LogP contribution in [-0.4, -0.2) is 21.4 Å². The molecule has 2 rings (SSSR count). The molecule has 0 unspecified atom stereocenters. The van der Waals surface area contributed by atoms with Crippen LogP contribution in [0.4, 0.5) is 11.5 Å². The summed E-state index contributed by atoms with van der Waals surface area (Å²) in [6.07, 6.45) is 0.726. The van der Waals surface area contributed by atoms with Crippen molar-refractivity contribution in [2.45, 2.75) is 6.42 Å². The van der Waals surface area contributed by atoms with Crippen LogP contribution in [0.5, 0.6) is 0 Å². The number of nitrogens with one attached hydrogen (secondary N) is 1. The van der Waals surface area contributed by atoms with Gasteiger partial charge in [0, 0.05) is 24.4 Å². The Hall–Kier alpha value is -2.53. The second kappa shape index (κ2) is 5.88. The van der Waals surface area contributed by atoms with E-state index in [0.717, 1.165) is 12.1 Å². The maximum Gasteiger partial charge on any atom is 0.305 e.